The van der Waals surface area contributed by atoms with Gasteiger partial charge in [-0.05, 0) is 43.7 Å². The van der Waals surface area contributed by atoms with Crippen LogP contribution in [0.25, 0.3) is 0 Å². The molecular formula is C14H17N5O4. The van der Waals surface area contributed by atoms with Crippen molar-refractivity contribution in [3.05, 3.63) is 28.8 Å². The van der Waals surface area contributed by atoms with Gasteiger partial charge in [0.2, 0.25) is 5.78 Å². The number of ether oxygens (including phenoxy) is 1. The summed E-state index contributed by atoms with van der Waals surface area (Å²) in [5.74, 6) is -1.16. The number of ketones is 2. The molecule has 2 rings (SSSR count). The van der Waals surface area contributed by atoms with E-state index in [2.05, 4.69) is 20.5 Å². The number of hydrogen-bond acceptors (Lipinski definition) is 7. The van der Waals surface area contributed by atoms with Crippen LogP contribution in [0.15, 0.2) is 6.33 Å². The number of carbonyl (C=O) groups is 3. The molecule has 0 aliphatic heterocycles. The van der Waals surface area contributed by atoms with Crippen LogP contribution in [0, 0.1) is 13.8 Å². The Labute approximate surface area is 132 Å². The normalized spacial score (nSPS) is 12.0. The second-order valence-electron chi connectivity index (χ2n) is 5.18. The Morgan fingerprint density at radius 3 is 2.57 bits per heavy atom. The Morgan fingerprint density at radius 1 is 1.35 bits per heavy atom. The van der Waals surface area contributed by atoms with Gasteiger partial charge in [-0.2, -0.15) is 0 Å². The molecule has 0 saturated heterocycles. The predicted molar refractivity (Wildman–Crippen MR) is 78.0 cm³/mol. The number of nitrogens with zero attached hydrogens (tertiary/aromatic N) is 4. The summed E-state index contributed by atoms with van der Waals surface area (Å²) in [6.45, 7) is 6.12. The van der Waals surface area contributed by atoms with Crippen molar-refractivity contribution in [3.8, 4) is 0 Å². The van der Waals surface area contributed by atoms with Crippen molar-refractivity contribution < 1.29 is 19.1 Å². The number of rotatable bonds is 6. The van der Waals surface area contributed by atoms with Gasteiger partial charge in [0.25, 0.3) is 0 Å². The Kier molecular flexibility index (Phi) is 4.68. The molecule has 23 heavy (non-hydrogen) atoms. The maximum atomic E-state index is 12.4. The van der Waals surface area contributed by atoms with Gasteiger partial charge in [-0.15, -0.1) is 5.10 Å². The summed E-state index contributed by atoms with van der Waals surface area (Å²) in [4.78, 5) is 38.7. The van der Waals surface area contributed by atoms with E-state index in [-0.39, 0.29) is 18.0 Å². The number of aryl methyl sites for hydroxylation is 1. The summed E-state index contributed by atoms with van der Waals surface area (Å²) < 4.78 is 6.29. The highest BCUT2D eigenvalue weighted by atomic mass is 16.5. The van der Waals surface area contributed by atoms with Gasteiger partial charge in [0.1, 0.15) is 12.9 Å². The van der Waals surface area contributed by atoms with Gasteiger partial charge in [0, 0.05) is 11.3 Å². The van der Waals surface area contributed by atoms with Crippen LogP contribution in [0.2, 0.25) is 0 Å². The molecule has 2 heterocycles. The molecule has 0 aliphatic carbocycles. The Balaban J connectivity index is 2.09. The highest BCUT2D eigenvalue weighted by molar-refractivity contribution is 6.05. The lowest BCUT2D eigenvalue weighted by molar-refractivity contribution is -0.147. The lowest BCUT2D eigenvalue weighted by Crippen LogP contribution is -2.27. The first kappa shape index (κ1) is 16.5. The molecule has 9 heteroatoms. The molecule has 2 aromatic rings. The Bertz CT molecular complexity index is 748. The summed E-state index contributed by atoms with van der Waals surface area (Å²) in [6.07, 6.45) is 0.279. The van der Waals surface area contributed by atoms with Crippen molar-refractivity contribution in [2.24, 2.45) is 0 Å². The van der Waals surface area contributed by atoms with Crippen molar-refractivity contribution in [3.63, 3.8) is 0 Å². The molecule has 0 fully saturated rings. The Morgan fingerprint density at radius 2 is 2.04 bits per heavy atom. The number of carbonyl (C=O) groups excluding carboxylic acids is 3. The van der Waals surface area contributed by atoms with Crippen molar-refractivity contribution in [2.75, 3.05) is 0 Å². The number of esters is 1. The molecule has 0 radical (unpaired) electrons. The highest BCUT2D eigenvalue weighted by Crippen LogP contribution is 2.20. The highest BCUT2D eigenvalue weighted by Gasteiger charge is 2.26. The standard InChI is InChI=1S/C14H17N5O4/c1-7-12(9(3)20)8(2)16-13(7)14(22)10(4)23-11(21)5-19-6-15-17-18-19/h6,10,16H,5H2,1-4H3/t10-/m1/s1. The van der Waals surface area contributed by atoms with Crippen LogP contribution in [0.5, 0.6) is 0 Å². The van der Waals surface area contributed by atoms with Crippen molar-refractivity contribution in [2.45, 2.75) is 40.3 Å². The fourth-order valence-electron chi connectivity index (χ4n) is 2.40. The molecule has 0 aliphatic rings. The number of H-pyrrole nitrogens is 1. The first-order chi connectivity index (χ1) is 10.8. The number of tetrazole rings is 1. The zero-order valence-corrected chi connectivity index (χ0v) is 13.3. The summed E-state index contributed by atoms with van der Waals surface area (Å²) in [5.41, 5.74) is 1.94. The van der Waals surface area contributed by atoms with Gasteiger partial charge in [-0.3, -0.25) is 14.4 Å². The summed E-state index contributed by atoms with van der Waals surface area (Å²) in [7, 11) is 0. The summed E-state index contributed by atoms with van der Waals surface area (Å²) in [5, 5.41) is 10.3. The van der Waals surface area contributed by atoms with Crippen LogP contribution in [0.4, 0.5) is 0 Å². The lowest BCUT2D eigenvalue weighted by atomic mass is 10.0. The largest absolute Gasteiger partial charge is 0.453 e. The van der Waals surface area contributed by atoms with E-state index < -0.39 is 17.9 Å². The van der Waals surface area contributed by atoms with Crippen LogP contribution in [0.3, 0.4) is 0 Å². The molecule has 0 unspecified atom stereocenters. The molecule has 0 saturated carbocycles. The van der Waals surface area contributed by atoms with E-state index in [0.29, 0.717) is 16.8 Å². The van der Waals surface area contributed by atoms with Crippen molar-refractivity contribution in [1.29, 1.82) is 0 Å². The summed E-state index contributed by atoms with van der Waals surface area (Å²) in [6, 6.07) is 0. The smallest absolute Gasteiger partial charge is 0.328 e. The van der Waals surface area contributed by atoms with Gasteiger partial charge < -0.3 is 9.72 Å². The number of hydrogen-bond donors (Lipinski definition) is 1. The van der Waals surface area contributed by atoms with Crippen molar-refractivity contribution >= 4 is 17.5 Å². The molecule has 122 valence electrons. The van der Waals surface area contributed by atoms with Gasteiger partial charge in [0.05, 0.1) is 5.69 Å². The second-order valence-corrected chi connectivity index (χ2v) is 5.18. The maximum absolute atomic E-state index is 12.4. The third-order valence-corrected chi connectivity index (χ3v) is 3.40. The fraction of sp³-hybridized carbons (Fsp3) is 0.429. The Hall–Kier alpha value is -2.84. The van der Waals surface area contributed by atoms with Crippen LogP contribution in [-0.2, 0) is 16.1 Å². The first-order valence-electron chi connectivity index (χ1n) is 6.95. The number of Topliss-reactive ketones (excluding diaryl/α,β-unsaturated/α-hetero) is 2. The molecule has 2 aromatic heterocycles. The third kappa shape index (κ3) is 3.50. The monoisotopic (exact) mass is 319 g/mol. The predicted octanol–water partition coefficient (Wildman–Crippen LogP) is 0.635. The van der Waals surface area contributed by atoms with Crippen LogP contribution in [-0.4, -0.2) is 48.8 Å². The zero-order chi connectivity index (χ0) is 17.1. The molecule has 0 spiro atoms. The van der Waals surface area contributed by atoms with Crippen LogP contribution in [0.1, 0.15) is 46.0 Å². The van der Waals surface area contributed by atoms with E-state index >= 15 is 0 Å². The van der Waals surface area contributed by atoms with E-state index in [0.717, 1.165) is 0 Å². The van der Waals surface area contributed by atoms with Gasteiger partial charge >= 0.3 is 5.97 Å². The zero-order valence-electron chi connectivity index (χ0n) is 13.3. The van der Waals surface area contributed by atoms with E-state index in [4.69, 9.17) is 4.74 Å². The fourth-order valence-corrected chi connectivity index (χ4v) is 2.40. The molecule has 0 amide bonds. The van der Waals surface area contributed by atoms with E-state index in [1.165, 1.54) is 24.9 Å². The molecule has 1 N–H and O–H groups in total. The van der Waals surface area contributed by atoms with Gasteiger partial charge in [-0.25, -0.2) is 4.68 Å². The van der Waals surface area contributed by atoms with E-state index in [9.17, 15) is 14.4 Å². The molecule has 0 aromatic carbocycles. The minimum atomic E-state index is -0.990. The van der Waals surface area contributed by atoms with E-state index in [1.807, 2.05) is 0 Å². The quantitative estimate of drug-likeness (QED) is 0.612. The number of aromatic amines is 1. The van der Waals surface area contributed by atoms with E-state index in [1.54, 1.807) is 13.8 Å². The summed E-state index contributed by atoms with van der Waals surface area (Å²) >= 11 is 0. The first-order valence-corrected chi connectivity index (χ1v) is 6.95. The van der Waals surface area contributed by atoms with Gasteiger partial charge in [0.15, 0.2) is 11.9 Å². The molecule has 0 bridgehead atoms. The number of aromatic nitrogens is 5. The minimum Gasteiger partial charge on any atom is -0.453 e. The maximum Gasteiger partial charge on any atom is 0.328 e. The van der Waals surface area contributed by atoms with Crippen LogP contribution >= 0.6 is 0 Å². The molecular weight excluding hydrogens is 302 g/mol. The topological polar surface area (TPSA) is 120 Å². The average Bonchev–Trinajstić information content (AvgIpc) is 3.05. The van der Waals surface area contributed by atoms with Crippen LogP contribution < -0.4 is 0 Å². The lowest BCUT2D eigenvalue weighted by Gasteiger charge is -2.12. The second kappa shape index (κ2) is 6.51. The average molecular weight is 319 g/mol. The molecule has 9 nitrogen and oxygen atoms in total. The SMILES string of the molecule is CC(=O)c1c(C)[nH]c(C(=O)[C@@H](C)OC(=O)Cn2cnnn2)c1C. The van der Waals surface area contributed by atoms with Crippen molar-refractivity contribution in [1.82, 2.24) is 25.2 Å². The minimum absolute atomic E-state index is 0.126. The molecule has 1 atom stereocenters. The van der Waals surface area contributed by atoms with Gasteiger partial charge in [-0.1, -0.05) is 0 Å². The number of nitrogens with one attached hydrogen (secondary N) is 1. The third-order valence-electron chi connectivity index (χ3n) is 3.40.